The SMILES string of the molecule is C=C[C@H]1C[NH2+][C@@H]([C@@H](OC(=O)CCc2ccccc2)c2ccnc3ccccc23)C[C@@H]1CC. The normalized spacial score (nSPS) is 21.7. The van der Waals surface area contributed by atoms with Crippen LogP contribution in [0.25, 0.3) is 10.9 Å². The fraction of sp³-hybridized carbons (Fsp3) is 0.357. The van der Waals surface area contributed by atoms with Crippen LogP contribution in [0.3, 0.4) is 0 Å². The van der Waals surface area contributed by atoms with Gasteiger partial charge in [0, 0.05) is 35.9 Å². The fourth-order valence-corrected chi connectivity index (χ4v) is 4.99. The van der Waals surface area contributed by atoms with Crippen LogP contribution >= 0.6 is 0 Å². The first-order chi connectivity index (χ1) is 15.7. The predicted octanol–water partition coefficient (Wildman–Crippen LogP) is 4.62. The van der Waals surface area contributed by atoms with Crippen LogP contribution in [0.15, 0.2) is 79.5 Å². The Balaban J connectivity index is 1.59. The molecule has 0 bridgehead atoms. The highest BCUT2D eigenvalue weighted by Crippen LogP contribution is 2.33. The van der Waals surface area contributed by atoms with Crippen molar-refractivity contribution in [3.8, 4) is 0 Å². The highest BCUT2D eigenvalue weighted by molar-refractivity contribution is 5.82. The molecule has 3 aromatic rings. The molecule has 1 fully saturated rings. The van der Waals surface area contributed by atoms with E-state index in [0.29, 0.717) is 24.7 Å². The van der Waals surface area contributed by atoms with Gasteiger partial charge in [0.15, 0.2) is 6.10 Å². The quantitative estimate of drug-likeness (QED) is 0.420. The van der Waals surface area contributed by atoms with E-state index in [4.69, 9.17) is 4.74 Å². The summed E-state index contributed by atoms with van der Waals surface area (Å²) in [5.41, 5.74) is 3.14. The van der Waals surface area contributed by atoms with Gasteiger partial charge < -0.3 is 10.1 Å². The number of fused-ring (bicyclic) bond motifs is 1. The molecule has 0 unspecified atom stereocenters. The maximum Gasteiger partial charge on any atom is 0.306 e. The zero-order chi connectivity index (χ0) is 22.3. The Bertz CT molecular complexity index is 1040. The van der Waals surface area contributed by atoms with Crippen LogP contribution in [0.4, 0.5) is 0 Å². The minimum absolute atomic E-state index is 0.146. The molecule has 4 atom stereocenters. The lowest BCUT2D eigenvalue weighted by Gasteiger charge is -2.36. The molecule has 0 saturated carbocycles. The summed E-state index contributed by atoms with van der Waals surface area (Å²) in [7, 11) is 0. The van der Waals surface area contributed by atoms with Crippen LogP contribution in [-0.2, 0) is 16.0 Å². The summed E-state index contributed by atoms with van der Waals surface area (Å²) in [5, 5.41) is 3.41. The number of rotatable bonds is 8. The van der Waals surface area contributed by atoms with Gasteiger partial charge in [-0.1, -0.05) is 68.0 Å². The molecular formula is C28H33N2O2+. The molecule has 4 heteroatoms. The topological polar surface area (TPSA) is 55.8 Å². The van der Waals surface area contributed by atoms with E-state index in [2.05, 4.69) is 48.1 Å². The van der Waals surface area contributed by atoms with Crippen molar-refractivity contribution in [2.75, 3.05) is 6.54 Å². The van der Waals surface area contributed by atoms with E-state index < -0.39 is 0 Å². The van der Waals surface area contributed by atoms with Crippen LogP contribution in [0.1, 0.15) is 43.4 Å². The van der Waals surface area contributed by atoms with Crippen molar-refractivity contribution < 1.29 is 14.8 Å². The van der Waals surface area contributed by atoms with E-state index in [-0.39, 0.29) is 18.1 Å². The molecule has 32 heavy (non-hydrogen) atoms. The first-order valence-corrected chi connectivity index (χ1v) is 11.7. The average Bonchev–Trinajstić information content (AvgIpc) is 2.86. The maximum atomic E-state index is 13.0. The van der Waals surface area contributed by atoms with Gasteiger partial charge in [-0.05, 0) is 30.0 Å². The molecule has 2 N–H and O–H groups in total. The first-order valence-electron chi connectivity index (χ1n) is 11.7. The van der Waals surface area contributed by atoms with E-state index in [1.165, 1.54) is 0 Å². The number of aromatic nitrogens is 1. The number of para-hydroxylation sites is 1. The van der Waals surface area contributed by atoms with Crippen molar-refractivity contribution >= 4 is 16.9 Å². The van der Waals surface area contributed by atoms with Crippen molar-refractivity contribution in [1.29, 1.82) is 0 Å². The molecule has 4 rings (SSSR count). The van der Waals surface area contributed by atoms with Gasteiger partial charge in [0.2, 0.25) is 0 Å². The van der Waals surface area contributed by atoms with E-state index in [9.17, 15) is 4.79 Å². The van der Waals surface area contributed by atoms with Gasteiger partial charge in [0.25, 0.3) is 0 Å². The molecule has 2 aromatic carbocycles. The highest BCUT2D eigenvalue weighted by Gasteiger charge is 2.38. The molecule has 2 heterocycles. The number of hydrogen-bond donors (Lipinski definition) is 1. The van der Waals surface area contributed by atoms with Crippen LogP contribution in [0.2, 0.25) is 0 Å². The summed E-state index contributed by atoms with van der Waals surface area (Å²) < 4.78 is 6.24. The molecule has 0 aliphatic carbocycles. The van der Waals surface area contributed by atoms with Crippen molar-refractivity contribution in [1.82, 2.24) is 4.98 Å². The number of nitrogens with two attached hydrogens (primary N) is 1. The van der Waals surface area contributed by atoms with E-state index in [0.717, 1.165) is 41.4 Å². The lowest BCUT2D eigenvalue weighted by Crippen LogP contribution is -2.94. The number of pyridine rings is 1. The summed E-state index contributed by atoms with van der Waals surface area (Å²) in [6.07, 6.45) is 6.79. The summed E-state index contributed by atoms with van der Waals surface area (Å²) in [5.74, 6) is 0.910. The minimum Gasteiger partial charge on any atom is -0.451 e. The Hall–Kier alpha value is -2.98. The van der Waals surface area contributed by atoms with Gasteiger partial charge >= 0.3 is 5.97 Å². The van der Waals surface area contributed by atoms with Crippen LogP contribution in [-0.4, -0.2) is 23.5 Å². The van der Waals surface area contributed by atoms with Gasteiger partial charge in [-0.15, -0.1) is 6.58 Å². The van der Waals surface area contributed by atoms with Crippen LogP contribution < -0.4 is 5.32 Å². The van der Waals surface area contributed by atoms with Gasteiger partial charge in [-0.25, -0.2) is 0 Å². The summed E-state index contributed by atoms with van der Waals surface area (Å²) in [6.45, 7) is 7.26. The second-order valence-corrected chi connectivity index (χ2v) is 8.75. The molecule has 1 saturated heterocycles. The number of carbonyl (C=O) groups is 1. The highest BCUT2D eigenvalue weighted by atomic mass is 16.5. The number of carbonyl (C=O) groups excluding carboxylic acids is 1. The zero-order valence-corrected chi connectivity index (χ0v) is 18.8. The van der Waals surface area contributed by atoms with E-state index in [1.54, 1.807) is 0 Å². The standard InChI is InChI=1S/C28H32N2O2/c1-3-21-18-26(30-19-22(21)4-2)28(24-16-17-29-25-13-9-8-12-23(24)25)32-27(31)15-14-20-10-6-5-7-11-20/h4-13,16-17,21-22,26,28,30H,2-3,14-15,18-19H2,1H3/p+1/t21-,22-,26+,28-/m0/s1. The van der Waals surface area contributed by atoms with Gasteiger partial charge in [0.05, 0.1) is 12.1 Å². The number of hydrogen-bond acceptors (Lipinski definition) is 3. The summed E-state index contributed by atoms with van der Waals surface area (Å²) >= 11 is 0. The second kappa shape index (κ2) is 10.6. The number of piperidine rings is 1. The number of esters is 1. The summed E-state index contributed by atoms with van der Waals surface area (Å²) in [4.78, 5) is 17.5. The molecule has 0 radical (unpaired) electrons. The Kier molecular flexibility index (Phi) is 7.33. The number of benzene rings is 2. The summed E-state index contributed by atoms with van der Waals surface area (Å²) in [6, 6.07) is 20.4. The number of nitrogens with zero attached hydrogens (tertiary/aromatic N) is 1. The number of quaternary nitrogens is 1. The molecule has 1 aromatic heterocycles. The largest absolute Gasteiger partial charge is 0.451 e. The van der Waals surface area contributed by atoms with Crippen molar-refractivity contribution in [2.45, 2.75) is 44.8 Å². The third kappa shape index (κ3) is 5.08. The Morgan fingerprint density at radius 1 is 1.19 bits per heavy atom. The molecule has 4 nitrogen and oxygen atoms in total. The first kappa shape index (κ1) is 22.2. The average molecular weight is 430 g/mol. The number of ether oxygens (including phenoxy) is 1. The molecule has 1 aliphatic rings. The Morgan fingerprint density at radius 2 is 1.97 bits per heavy atom. The van der Waals surface area contributed by atoms with Crippen molar-refractivity contribution in [3.63, 3.8) is 0 Å². The van der Waals surface area contributed by atoms with Crippen LogP contribution in [0.5, 0.6) is 0 Å². The molecule has 166 valence electrons. The van der Waals surface area contributed by atoms with Crippen molar-refractivity contribution in [3.05, 3.63) is 90.6 Å². The maximum absolute atomic E-state index is 13.0. The lowest BCUT2D eigenvalue weighted by atomic mass is 9.79. The third-order valence-corrected chi connectivity index (χ3v) is 6.82. The fourth-order valence-electron chi connectivity index (χ4n) is 4.99. The number of aryl methyl sites for hydroxylation is 1. The Morgan fingerprint density at radius 3 is 2.75 bits per heavy atom. The molecule has 1 aliphatic heterocycles. The zero-order valence-electron chi connectivity index (χ0n) is 18.8. The molecule has 0 amide bonds. The van der Waals surface area contributed by atoms with Gasteiger partial charge in [0.1, 0.15) is 6.04 Å². The monoisotopic (exact) mass is 429 g/mol. The second-order valence-electron chi connectivity index (χ2n) is 8.75. The smallest absolute Gasteiger partial charge is 0.306 e. The van der Waals surface area contributed by atoms with E-state index in [1.807, 2.05) is 48.7 Å². The van der Waals surface area contributed by atoms with Crippen LogP contribution in [0, 0.1) is 11.8 Å². The Labute approximate surface area is 190 Å². The van der Waals surface area contributed by atoms with Gasteiger partial charge in [-0.2, -0.15) is 0 Å². The molecule has 0 spiro atoms. The van der Waals surface area contributed by atoms with Crippen molar-refractivity contribution in [2.24, 2.45) is 11.8 Å². The van der Waals surface area contributed by atoms with Gasteiger partial charge in [-0.3, -0.25) is 9.78 Å². The third-order valence-electron chi connectivity index (χ3n) is 6.82. The molecular weight excluding hydrogens is 396 g/mol. The predicted molar refractivity (Wildman–Crippen MR) is 128 cm³/mol. The minimum atomic E-state index is -0.300. The lowest BCUT2D eigenvalue weighted by molar-refractivity contribution is -0.712. The van der Waals surface area contributed by atoms with E-state index >= 15 is 0 Å².